The molecular formula is C9H2F5N3. The number of nitriles is 2. The van der Waals surface area contributed by atoms with Crippen molar-refractivity contribution < 1.29 is 22.0 Å². The number of benzene rings is 1. The minimum atomic E-state index is -5.28. The predicted octanol–water partition coefficient (Wildman–Crippen LogP) is 2.31. The van der Waals surface area contributed by atoms with E-state index in [-0.39, 0.29) is 0 Å². The Morgan fingerprint density at radius 3 is 1.76 bits per heavy atom. The van der Waals surface area contributed by atoms with E-state index in [0.717, 1.165) is 12.1 Å². The normalized spacial score (nSPS) is 10.8. The van der Waals surface area contributed by atoms with Crippen molar-refractivity contribution in [2.24, 2.45) is 0 Å². The number of nitrogens with two attached hydrogens (primary N) is 1. The molecule has 1 rings (SSSR count). The molecule has 2 N–H and O–H groups in total. The number of alkyl halides is 3. The summed E-state index contributed by atoms with van der Waals surface area (Å²) in [6, 6.07) is 1.97. The Labute approximate surface area is 91.5 Å². The number of nitrogens with zero attached hydrogens (tertiary/aromatic N) is 2. The molecule has 0 saturated heterocycles. The Morgan fingerprint density at radius 2 is 1.41 bits per heavy atom. The lowest BCUT2D eigenvalue weighted by molar-refractivity contribution is -0.140. The first-order valence-electron chi connectivity index (χ1n) is 3.93. The Kier molecular flexibility index (Phi) is 2.92. The van der Waals surface area contributed by atoms with Gasteiger partial charge in [-0.1, -0.05) is 0 Å². The maximum absolute atomic E-state index is 13.3. The highest BCUT2D eigenvalue weighted by Gasteiger charge is 2.41. The van der Waals surface area contributed by atoms with Crippen molar-refractivity contribution in [2.75, 3.05) is 5.73 Å². The molecule has 88 valence electrons. The third kappa shape index (κ3) is 1.85. The average molecular weight is 247 g/mol. The molecule has 1 aromatic carbocycles. The molecule has 0 atom stereocenters. The minimum Gasteiger partial charge on any atom is -0.395 e. The van der Waals surface area contributed by atoms with Crippen LogP contribution in [0.3, 0.4) is 0 Å². The van der Waals surface area contributed by atoms with Crippen LogP contribution in [0.5, 0.6) is 0 Å². The molecule has 0 fully saturated rings. The zero-order valence-electron chi connectivity index (χ0n) is 7.86. The second kappa shape index (κ2) is 3.91. The van der Waals surface area contributed by atoms with Gasteiger partial charge in [-0.05, 0) is 0 Å². The fourth-order valence-electron chi connectivity index (χ4n) is 1.19. The first-order valence-corrected chi connectivity index (χ1v) is 3.93. The van der Waals surface area contributed by atoms with Gasteiger partial charge in [0.1, 0.15) is 28.8 Å². The molecule has 0 unspecified atom stereocenters. The van der Waals surface area contributed by atoms with Gasteiger partial charge in [0, 0.05) is 0 Å². The number of nitrogen functional groups attached to an aromatic ring is 1. The van der Waals surface area contributed by atoms with Gasteiger partial charge in [-0.3, -0.25) is 0 Å². The molecule has 0 heterocycles. The van der Waals surface area contributed by atoms with Crippen LogP contribution in [-0.4, -0.2) is 0 Å². The summed E-state index contributed by atoms with van der Waals surface area (Å²) in [5, 5.41) is 16.8. The summed E-state index contributed by atoms with van der Waals surface area (Å²) in [5.74, 6) is -3.80. The maximum atomic E-state index is 13.3. The van der Waals surface area contributed by atoms with Gasteiger partial charge in [-0.15, -0.1) is 0 Å². The fraction of sp³-hybridized carbons (Fsp3) is 0.111. The van der Waals surface area contributed by atoms with Crippen molar-refractivity contribution in [2.45, 2.75) is 6.18 Å². The van der Waals surface area contributed by atoms with Crippen LogP contribution in [0.4, 0.5) is 27.6 Å². The van der Waals surface area contributed by atoms with E-state index in [4.69, 9.17) is 16.3 Å². The highest BCUT2D eigenvalue weighted by atomic mass is 19.4. The van der Waals surface area contributed by atoms with Gasteiger partial charge in [0.25, 0.3) is 0 Å². The predicted molar refractivity (Wildman–Crippen MR) is 45.2 cm³/mol. The Hall–Kier alpha value is -2.35. The summed E-state index contributed by atoms with van der Waals surface area (Å²) in [6.45, 7) is 0. The van der Waals surface area contributed by atoms with Gasteiger partial charge in [-0.2, -0.15) is 23.7 Å². The van der Waals surface area contributed by atoms with E-state index < -0.39 is 40.2 Å². The molecule has 1 aromatic rings. The molecule has 0 radical (unpaired) electrons. The third-order valence-corrected chi connectivity index (χ3v) is 1.92. The van der Waals surface area contributed by atoms with Crippen molar-refractivity contribution >= 4 is 5.69 Å². The Morgan fingerprint density at radius 1 is 0.941 bits per heavy atom. The van der Waals surface area contributed by atoms with Gasteiger partial charge < -0.3 is 5.73 Å². The summed E-state index contributed by atoms with van der Waals surface area (Å²) in [4.78, 5) is 0. The van der Waals surface area contributed by atoms with Crippen LogP contribution >= 0.6 is 0 Å². The van der Waals surface area contributed by atoms with Crippen LogP contribution in [0.15, 0.2) is 0 Å². The second-order valence-electron chi connectivity index (χ2n) is 2.89. The first kappa shape index (κ1) is 12.7. The van der Waals surface area contributed by atoms with E-state index in [1.807, 2.05) is 0 Å². The number of hydrogen-bond donors (Lipinski definition) is 1. The topological polar surface area (TPSA) is 73.6 Å². The first-order chi connectivity index (χ1) is 7.75. The lowest BCUT2D eigenvalue weighted by Crippen LogP contribution is -2.16. The van der Waals surface area contributed by atoms with Crippen molar-refractivity contribution in [3.8, 4) is 12.1 Å². The fourth-order valence-corrected chi connectivity index (χ4v) is 1.19. The zero-order chi connectivity index (χ0) is 13.4. The number of halogens is 5. The van der Waals surface area contributed by atoms with Crippen molar-refractivity contribution in [1.29, 1.82) is 10.5 Å². The molecule has 0 aliphatic carbocycles. The second-order valence-corrected chi connectivity index (χ2v) is 2.89. The summed E-state index contributed by atoms with van der Waals surface area (Å²) < 4.78 is 63.8. The van der Waals surface area contributed by atoms with E-state index in [1.54, 1.807) is 0 Å². The van der Waals surface area contributed by atoms with Crippen molar-refractivity contribution in [1.82, 2.24) is 0 Å². The van der Waals surface area contributed by atoms with E-state index >= 15 is 0 Å². The van der Waals surface area contributed by atoms with Crippen LogP contribution in [0, 0.1) is 34.3 Å². The Bertz CT molecular complexity index is 562. The highest BCUT2D eigenvalue weighted by Crippen LogP contribution is 2.38. The van der Waals surface area contributed by atoms with Crippen LogP contribution < -0.4 is 5.73 Å². The van der Waals surface area contributed by atoms with Crippen molar-refractivity contribution in [3.63, 3.8) is 0 Å². The standard InChI is InChI=1S/C9H2F5N3/c10-6-3(1-15)5(9(12,13)14)7(11)8(17)4(6)2-16/h17H2. The maximum Gasteiger partial charge on any atom is 0.420 e. The van der Waals surface area contributed by atoms with E-state index in [9.17, 15) is 22.0 Å². The monoisotopic (exact) mass is 247 g/mol. The quantitative estimate of drug-likeness (QED) is 0.564. The molecule has 0 amide bonds. The van der Waals surface area contributed by atoms with Gasteiger partial charge in [0.2, 0.25) is 0 Å². The molecule has 0 aliphatic rings. The van der Waals surface area contributed by atoms with Gasteiger partial charge in [-0.25, -0.2) is 8.78 Å². The summed E-state index contributed by atoms with van der Waals surface area (Å²) >= 11 is 0. The van der Waals surface area contributed by atoms with Gasteiger partial charge >= 0.3 is 6.18 Å². The van der Waals surface area contributed by atoms with Crippen LogP contribution in [0.25, 0.3) is 0 Å². The van der Waals surface area contributed by atoms with E-state index in [1.165, 1.54) is 0 Å². The van der Waals surface area contributed by atoms with E-state index in [2.05, 4.69) is 0 Å². The molecule has 17 heavy (non-hydrogen) atoms. The van der Waals surface area contributed by atoms with Gasteiger partial charge in [0.15, 0.2) is 11.6 Å². The summed E-state index contributed by atoms with van der Waals surface area (Å²) in [5.41, 5.74) is -1.20. The molecule has 8 heteroatoms. The minimum absolute atomic E-state index is 0.872. The number of hydrogen-bond acceptors (Lipinski definition) is 3. The van der Waals surface area contributed by atoms with Crippen LogP contribution in [-0.2, 0) is 6.18 Å². The molecular weight excluding hydrogens is 245 g/mol. The van der Waals surface area contributed by atoms with Crippen LogP contribution in [0.1, 0.15) is 16.7 Å². The molecule has 0 spiro atoms. The third-order valence-electron chi connectivity index (χ3n) is 1.92. The molecule has 0 saturated carbocycles. The molecule has 0 bridgehead atoms. The summed E-state index contributed by atoms with van der Waals surface area (Å²) in [7, 11) is 0. The number of anilines is 1. The largest absolute Gasteiger partial charge is 0.420 e. The van der Waals surface area contributed by atoms with E-state index in [0.29, 0.717) is 0 Å². The smallest absolute Gasteiger partial charge is 0.395 e. The zero-order valence-corrected chi connectivity index (χ0v) is 7.86. The number of rotatable bonds is 0. The molecule has 0 aromatic heterocycles. The highest BCUT2D eigenvalue weighted by molar-refractivity contribution is 5.63. The Balaban J connectivity index is 3.89. The average Bonchev–Trinajstić information content (AvgIpc) is 2.22. The lowest BCUT2D eigenvalue weighted by atomic mass is 10.0. The SMILES string of the molecule is N#Cc1c(N)c(F)c(C(F)(F)F)c(C#N)c1F. The lowest BCUT2D eigenvalue weighted by Gasteiger charge is -2.13. The van der Waals surface area contributed by atoms with Gasteiger partial charge in [0.05, 0.1) is 5.69 Å². The van der Waals surface area contributed by atoms with Crippen molar-refractivity contribution in [3.05, 3.63) is 28.3 Å². The summed E-state index contributed by atoms with van der Waals surface area (Å²) in [6.07, 6.45) is -5.28. The van der Waals surface area contributed by atoms with Crippen LogP contribution in [0.2, 0.25) is 0 Å². The molecule has 0 aliphatic heterocycles. The molecule has 3 nitrogen and oxygen atoms in total.